The number of pyridine rings is 2. The molecule has 4 aromatic rings. The van der Waals surface area contributed by atoms with Gasteiger partial charge in [-0.25, -0.2) is 4.39 Å². The quantitative estimate of drug-likeness (QED) is 0.354. The number of aromatic nitrogens is 3. The minimum atomic E-state index is -3.80. The third-order valence-electron chi connectivity index (χ3n) is 4.72. The van der Waals surface area contributed by atoms with E-state index >= 15 is 8.78 Å². The summed E-state index contributed by atoms with van der Waals surface area (Å²) < 4.78 is 54.7. The van der Waals surface area contributed by atoms with Crippen LogP contribution in [0.4, 0.5) is 13.2 Å². The summed E-state index contributed by atoms with van der Waals surface area (Å²) in [4.78, 5) is 4.68. The summed E-state index contributed by atoms with van der Waals surface area (Å²) in [5.74, 6) is -5.65. The first-order chi connectivity index (χ1) is 14.7. The maximum Gasteiger partial charge on any atom is 0.329 e. The number of benzene rings is 1. The summed E-state index contributed by atoms with van der Waals surface area (Å²) in [6.07, 6.45) is 2.63. The molecule has 0 saturated heterocycles. The third kappa shape index (κ3) is 3.70. The van der Waals surface area contributed by atoms with Crippen molar-refractivity contribution < 1.29 is 17.9 Å². The van der Waals surface area contributed by atoms with Crippen LogP contribution in [0.3, 0.4) is 0 Å². The molecule has 1 aromatic carbocycles. The molecule has 0 aliphatic carbocycles. The van der Waals surface area contributed by atoms with Crippen LogP contribution in [0.15, 0.2) is 48.8 Å². The molecule has 0 atom stereocenters. The zero-order valence-corrected chi connectivity index (χ0v) is 17.2. The largest absolute Gasteiger partial charge is 0.495 e. The van der Waals surface area contributed by atoms with Gasteiger partial charge in [-0.2, -0.15) is 13.2 Å². The maximum atomic E-state index is 15.3. The Kier molecular flexibility index (Phi) is 5.10. The highest BCUT2D eigenvalue weighted by atomic mass is 32.1. The predicted octanol–water partition coefficient (Wildman–Crippen LogP) is 4.71. The molecule has 0 spiro atoms. The van der Waals surface area contributed by atoms with Crippen molar-refractivity contribution in [2.75, 3.05) is 7.11 Å². The van der Waals surface area contributed by atoms with Crippen LogP contribution < -0.4 is 10.2 Å². The Labute approximate surface area is 178 Å². The van der Waals surface area contributed by atoms with Gasteiger partial charge in [-0.05, 0) is 48.8 Å². The number of rotatable bonds is 4. The van der Waals surface area contributed by atoms with E-state index in [0.717, 1.165) is 29.9 Å². The van der Waals surface area contributed by atoms with Gasteiger partial charge in [0.15, 0.2) is 17.1 Å². The number of alkyl halides is 2. The van der Waals surface area contributed by atoms with E-state index < -0.39 is 28.6 Å². The minimum Gasteiger partial charge on any atom is -0.495 e. The van der Waals surface area contributed by atoms with Gasteiger partial charge in [-0.1, -0.05) is 6.07 Å². The third-order valence-corrected chi connectivity index (χ3v) is 5.65. The topological polar surface area (TPSA) is 87.6 Å². The van der Waals surface area contributed by atoms with Gasteiger partial charge in [0.25, 0.3) is 0 Å². The van der Waals surface area contributed by atoms with Crippen molar-refractivity contribution in [2.45, 2.75) is 12.8 Å². The highest BCUT2D eigenvalue weighted by Crippen LogP contribution is 2.33. The minimum absolute atomic E-state index is 0.257. The second kappa shape index (κ2) is 7.62. The molecule has 0 saturated carbocycles. The Hall–Kier alpha value is -3.53. The molecule has 3 aromatic heterocycles. The van der Waals surface area contributed by atoms with Gasteiger partial charge in [-0.3, -0.25) is 20.4 Å². The molecule has 0 radical (unpaired) electrons. The van der Waals surface area contributed by atoms with Crippen LogP contribution in [-0.4, -0.2) is 26.9 Å². The molecule has 0 aliphatic rings. The Morgan fingerprint density at radius 2 is 1.97 bits per heavy atom. The average Bonchev–Trinajstić information content (AvgIpc) is 3.20. The normalized spacial score (nSPS) is 11.6. The van der Waals surface area contributed by atoms with Gasteiger partial charge in [-0.15, -0.1) is 0 Å². The van der Waals surface area contributed by atoms with E-state index in [9.17, 15) is 4.39 Å². The summed E-state index contributed by atoms with van der Waals surface area (Å²) in [6.45, 7) is 1.75. The molecule has 3 heterocycles. The zero-order chi connectivity index (χ0) is 22.3. The molecule has 0 unspecified atom stereocenters. The number of nitrogens with zero attached hydrogens (tertiary/aromatic N) is 3. The first-order valence-corrected chi connectivity index (χ1v) is 9.80. The fourth-order valence-electron chi connectivity index (χ4n) is 3.08. The number of aryl methyl sites for hydroxylation is 1. The molecule has 31 heavy (non-hydrogen) atoms. The maximum absolute atomic E-state index is 15.3. The Morgan fingerprint density at radius 3 is 2.65 bits per heavy atom. The Bertz CT molecular complexity index is 1380. The highest BCUT2D eigenvalue weighted by molar-refractivity contribution is 7.09. The molecule has 0 fully saturated rings. The molecule has 0 bridgehead atoms. The van der Waals surface area contributed by atoms with Crippen molar-refractivity contribution in [1.29, 1.82) is 10.8 Å². The molecule has 0 amide bonds. The number of halogens is 3. The smallest absolute Gasteiger partial charge is 0.329 e. The van der Waals surface area contributed by atoms with Crippen LogP contribution in [0.25, 0.3) is 21.3 Å². The standard InChI is InChI=1S/C21H16F3N5OS/c1-11-5-18(31-28-11)13-8-16(22)19(25)29(10-13)20(26)21(23,24)14-3-4-17-12(6-14)7-15(30-2)9-27-17/h3-10,25-26H,1-2H3. The van der Waals surface area contributed by atoms with Crippen molar-refractivity contribution in [3.05, 3.63) is 71.4 Å². The van der Waals surface area contributed by atoms with Gasteiger partial charge in [0.05, 0.1) is 29.4 Å². The lowest BCUT2D eigenvalue weighted by atomic mass is 10.0. The summed E-state index contributed by atoms with van der Waals surface area (Å²) >= 11 is 1.08. The molecule has 0 aliphatic heterocycles. The first kappa shape index (κ1) is 20.7. The lowest BCUT2D eigenvalue weighted by Gasteiger charge is -2.21. The Morgan fingerprint density at radius 1 is 1.19 bits per heavy atom. The van der Waals surface area contributed by atoms with E-state index in [4.69, 9.17) is 15.6 Å². The lowest BCUT2D eigenvalue weighted by Crippen LogP contribution is -2.38. The predicted molar refractivity (Wildman–Crippen MR) is 111 cm³/mol. The number of fused-ring (bicyclic) bond motifs is 1. The fraction of sp³-hybridized carbons (Fsp3) is 0.143. The van der Waals surface area contributed by atoms with Crippen LogP contribution in [0, 0.1) is 23.6 Å². The van der Waals surface area contributed by atoms with E-state index in [1.807, 2.05) is 0 Å². The Balaban J connectivity index is 1.80. The van der Waals surface area contributed by atoms with Gasteiger partial charge >= 0.3 is 5.92 Å². The van der Waals surface area contributed by atoms with Gasteiger partial charge in [0.2, 0.25) is 0 Å². The van der Waals surface area contributed by atoms with E-state index in [1.54, 1.807) is 19.1 Å². The summed E-state index contributed by atoms with van der Waals surface area (Å²) in [6, 6.07) is 8.09. The molecular weight excluding hydrogens is 427 g/mol. The second-order valence-electron chi connectivity index (χ2n) is 6.83. The summed E-state index contributed by atoms with van der Waals surface area (Å²) in [7, 11) is 1.44. The van der Waals surface area contributed by atoms with E-state index in [2.05, 4.69) is 9.36 Å². The number of nitrogens with one attached hydrogen (secondary N) is 2. The number of hydrogen-bond acceptors (Lipinski definition) is 6. The van der Waals surface area contributed by atoms with Crippen LogP contribution in [0.2, 0.25) is 0 Å². The van der Waals surface area contributed by atoms with Crippen molar-refractivity contribution in [3.63, 3.8) is 0 Å². The molecular formula is C21H16F3N5OS. The van der Waals surface area contributed by atoms with Crippen molar-refractivity contribution in [1.82, 2.24) is 13.9 Å². The fourth-order valence-corrected chi connectivity index (χ4v) is 3.81. The van der Waals surface area contributed by atoms with E-state index in [0.29, 0.717) is 31.8 Å². The molecule has 10 heteroatoms. The average molecular weight is 443 g/mol. The van der Waals surface area contributed by atoms with Gasteiger partial charge in [0, 0.05) is 22.7 Å². The SMILES string of the molecule is COc1cnc2ccc(C(F)(F)C(=N)n3cc(-c4cc(C)ns4)cc(F)c3=N)cc2c1. The van der Waals surface area contributed by atoms with Gasteiger partial charge in [0.1, 0.15) is 5.75 Å². The van der Waals surface area contributed by atoms with Crippen LogP contribution in [0.5, 0.6) is 5.75 Å². The van der Waals surface area contributed by atoms with Crippen LogP contribution in [0.1, 0.15) is 11.3 Å². The summed E-state index contributed by atoms with van der Waals surface area (Å²) in [5.41, 5.74) is 0.120. The monoisotopic (exact) mass is 443 g/mol. The van der Waals surface area contributed by atoms with Crippen molar-refractivity contribution in [2.24, 2.45) is 0 Å². The number of methoxy groups -OCH3 is 1. The highest BCUT2D eigenvalue weighted by Gasteiger charge is 2.39. The first-order valence-electron chi connectivity index (χ1n) is 9.02. The number of hydrogen-bond donors (Lipinski definition) is 2. The molecule has 158 valence electrons. The van der Waals surface area contributed by atoms with E-state index in [-0.39, 0.29) is 5.56 Å². The number of ether oxygens (including phenoxy) is 1. The van der Waals surface area contributed by atoms with Crippen LogP contribution >= 0.6 is 11.5 Å². The second-order valence-corrected chi connectivity index (χ2v) is 7.64. The van der Waals surface area contributed by atoms with Crippen LogP contribution in [-0.2, 0) is 5.92 Å². The lowest BCUT2D eigenvalue weighted by molar-refractivity contribution is 0.0706. The van der Waals surface area contributed by atoms with Gasteiger partial charge < -0.3 is 4.74 Å². The van der Waals surface area contributed by atoms with Crippen molar-refractivity contribution >= 4 is 28.3 Å². The molecule has 6 nitrogen and oxygen atoms in total. The van der Waals surface area contributed by atoms with E-state index in [1.165, 1.54) is 25.4 Å². The molecule has 4 rings (SSSR count). The molecule has 2 N–H and O–H groups in total. The summed E-state index contributed by atoms with van der Waals surface area (Å²) in [5, 5.41) is 16.4. The zero-order valence-electron chi connectivity index (χ0n) is 16.4. The van der Waals surface area contributed by atoms with Crippen molar-refractivity contribution in [3.8, 4) is 16.2 Å².